The molecular formula is C18H25ClN2O4S. The minimum atomic E-state index is -3.72. The van der Waals surface area contributed by atoms with E-state index in [0.29, 0.717) is 25.6 Å². The van der Waals surface area contributed by atoms with Crippen molar-refractivity contribution in [1.82, 2.24) is 9.62 Å². The van der Waals surface area contributed by atoms with Gasteiger partial charge in [0.05, 0.1) is 11.1 Å². The number of nitrogens with one attached hydrogen (secondary N) is 1. The van der Waals surface area contributed by atoms with E-state index < -0.39 is 10.0 Å². The Morgan fingerprint density at radius 1 is 1.35 bits per heavy atom. The van der Waals surface area contributed by atoms with Gasteiger partial charge in [0.2, 0.25) is 10.0 Å². The van der Waals surface area contributed by atoms with Gasteiger partial charge in [-0.2, -0.15) is 4.31 Å². The van der Waals surface area contributed by atoms with Gasteiger partial charge >= 0.3 is 0 Å². The summed E-state index contributed by atoms with van der Waals surface area (Å²) in [7, 11) is -3.72. The normalized spacial score (nSPS) is 24.5. The number of benzene rings is 1. The van der Waals surface area contributed by atoms with Gasteiger partial charge in [-0.05, 0) is 49.8 Å². The predicted octanol–water partition coefficient (Wildman–Crippen LogP) is 2.67. The van der Waals surface area contributed by atoms with E-state index in [2.05, 4.69) is 5.32 Å². The molecule has 0 bridgehead atoms. The maximum absolute atomic E-state index is 13.0. The van der Waals surface area contributed by atoms with Crippen molar-refractivity contribution in [3.05, 3.63) is 28.8 Å². The van der Waals surface area contributed by atoms with Crippen LogP contribution in [0.3, 0.4) is 0 Å². The number of piperidine rings is 1. The van der Waals surface area contributed by atoms with Crippen LogP contribution >= 0.6 is 11.6 Å². The second-order valence-electron chi connectivity index (χ2n) is 7.10. The van der Waals surface area contributed by atoms with Crippen LogP contribution in [-0.2, 0) is 14.8 Å². The monoisotopic (exact) mass is 400 g/mol. The van der Waals surface area contributed by atoms with Crippen molar-refractivity contribution < 1.29 is 17.9 Å². The Morgan fingerprint density at radius 3 is 2.85 bits per heavy atom. The number of nitrogens with zero attached hydrogens (tertiary/aromatic N) is 1. The molecule has 0 radical (unpaired) electrons. The smallest absolute Gasteiger partial charge is 0.251 e. The molecule has 2 fully saturated rings. The van der Waals surface area contributed by atoms with Crippen molar-refractivity contribution in [2.45, 2.75) is 43.6 Å². The summed E-state index contributed by atoms with van der Waals surface area (Å²) in [5.41, 5.74) is 0.288. The summed E-state index contributed by atoms with van der Waals surface area (Å²) in [6.07, 6.45) is 3.81. The summed E-state index contributed by atoms with van der Waals surface area (Å²) in [4.78, 5) is 12.4. The minimum Gasteiger partial charge on any atom is -0.376 e. The average Bonchev–Trinajstić information content (AvgIpc) is 3.13. The molecule has 2 atom stereocenters. The number of rotatable bonds is 5. The molecular weight excluding hydrogens is 376 g/mol. The number of carbonyl (C=O) groups excluding carboxylic acids is 1. The highest BCUT2D eigenvalue weighted by molar-refractivity contribution is 7.89. The number of hydrogen-bond donors (Lipinski definition) is 1. The molecule has 2 heterocycles. The van der Waals surface area contributed by atoms with Crippen LogP contribution in [0.5, 0.6) is 0 Å². The first-order chi connectivity index (χ1) is 12.4. The number of sulfonamides is 1. The molecule has 2 saturated heterocycles. The Hall–Kier alpha value is -1.15. The fraction of sp³-hybridized carbons (Fsp3) is 0.611. The Morgan fingerprint density at radius 2 is 2.15 bits per heavy atom. The van der Waals surface area contributed by atoms with E-state index in [1.807, 2.05) is 6.92 Å². The minimum absolute atomic E-state index is 0.00182. The summed E-state index contributed by atoms with van der Waals surface area (Å²) in [6, 6.07) is 4.40. The number of carbonyl (C=O) groups is 1. The average molecular weight is 401 g/mol. The fourth-order valence-corrected chi connectivity index (χ4v) is 5.56. The molecule has 144 valence electrons. The van der Waals surface area contributed by atoms with E-state index in [9.17, 15) is 13.2 Å². The van der Waals surface area contributed by atoms with Crippen molar-refractivity contribution in [3.8, 4) is 0 Å². The topological polar surface area (TPSA) is 75.7 Å². The number of halogens is 1. The second kappa shape index (κ2) is 8.25. The van der Waals surface area contributed by atoms with Crippen LogP contribution in [0.1, 0.15) is 43.0 Å². The molecule has 3 rings (SSSR count). The number of ether oxygens (including phenoxy) is 1. The van der Waals surface area contributed by atoms with Gasteiger partial charge in [0.1, 0.15) is 4.90 Å². The third-order valence-corrected chi connectivity index (χ3v) is 7.29. The van der Waals surface area contributed by atoms with E-state index in [4.69, 9.17) is 16.3 Å². The van der Waals surface area contributed by atoms with Crippen LogP contribution in [0.2, 0.25) is 5.02 Å². The van der Waals surface area contributed by atoms with Crippen LogP contribution in [0, 0.1) is 5.92 Å². The van der Waals surface area contributed by atoms with Crippen LogP contribution in [0.15, 0.2) is 23.1 Å². The lowest BCUT2D eigenvalue weighted by atomic mass is 10.0. The molecule has 6 nitrogen and oxygen atoms in total. The molecule has 1 aromatic rings. The lowest BCUT2D eigenvalue weighted by molar-refractivity contribution is 0.0857. The highest BCUT2D eigenvalue weighted by Gasteiger charge is 2.31. The predicted molar refractivity (Wildman–Crippen MR) is 99.9 cm³/mol. The van der Waals surface area contributed by atoms with Crippen LogP contribution in [0.25, 0.3) is 0 Å². The van der Waals surface area contributed by atoms with E-state index in [-0.39, 0.29) is 27.5 Å². The van der Waals surface area contributed by atoms with Crippen molar-refractivity contribution >= 4 is 27.5 Å². The molecule has 8 heteroatoms. The summed E-state index contributed by atoms with van der Waals surface area (Å²) in [5.74, 6) is -0.00387. The third-order valence-electron chi connectivity index (χ3n) is 4.95. The molecule has 2 aliphatic heterocycles. The van der Waals surface area contributed by atoms with Crippen molar-refractivity contribution in [2.24, 2.45) is 5.92 Å². The molecule has 1 aromatic carbocycles. The number of amides is 1. The maximum atomic E-state index is 13.0. The largest absolute Gasteiger partial charge is 0.376 e. The number of hydrogen-bond acceptors (Lipinski definition) is 4. The Balaban J connectivity index is 1.77. The van der Waals surface area contributed by atoms with Gasteiger partial charge in [0, 0.05) is 31.8 Å². The summed E-state index contributed by atoms with van der Waals surface area (Å²) >= 11 is 6.16. The highest BCUT2D eigenvalue weighted by Crippen LogP contribution is 2.29. The lowest BCUT2D eigenvalue weighted by Gasteiger charge is -2.30. The molecule has 0 unspecified atom stereocenters. The van der Waals surface area contributed by atoms with E-state index in [1.165, 1.54) is 16.4 Å². The van der Waals surface area contributed by atoms with Gasteiger partial charge in [-0.25, -0.2) is 8.42 Å². The SMILES string of the molecule is C[C@@H]1CCCN(S(=O)(=O)c2cc(C(=O)NC[C@H]3CCCO3)ccc2Cl)C1. The summed E-state index contributed by atoms with van der Waals surface area (Å²) in [5, 5.41) is 2.95. The Kier molecular flexibility index (Phi) is 6.22. The van der Waals surface area contributed by atoms with E-state index in [1.54, 1.807) is 6.07 Å². The van der Waals surface area contributed by atoms with Crippen molar-refractivity contribution in [3.63, 3.8) is 0 Å². The van der Waals surface area contributed by atoms with E-state index >= 15 is 0 Å². The highest BCUT2D eigenvalue weighted by atomic mass is 35.5. The van der Waals surface area contributed by atoms with Crippen LogP contribution in [-0.4, -0.2) is 51.0 Å². The van der Waals surface area contributed by atoms with Gasteiger partial charge in [-0.3, -0.25) is 4.79 Å². The lowest BCUT2D eigenvalue weighted by Crippen LogP contribution is -2.39. The molecule has 2 aliphatic rings. The van der Waals surface area contributed by atoms with Gasteiger partial charge < -0.3 is 10.1 Å². The quantitative estimate of drug-likeness (QED) is 0.824. The molecule has 1 N–H and O–H groups in total. The van der Waals surface area contributed by atoms with Crippen LogP contribution < -0.4 is 5.32 Å². The summed E-state index contributed by atoms with van der Waals surface area (Å²) in [6.45, 7) is 4.15. The molecule has 0 aromatic heterocycles. The fourth-order valence-electron chi connectivity index (χ4n) is 3.46. The molecule has 1 amide bonds. The zero-order chi connectivity index (χ0) is 18.7. The second-order valence-corrected chi connectivity index (χ2v) is 9.41. The first kappa shape index (κ1) is 19.6. The Labute approximate surface area is 159 Å². The first-order valence-electron chi connectivity index (χ1n) is 9.07. The van der Waals surface area contributed by atoms with Gasteiger partial charge in [-0.1, -0.05) is 18.5 Å². The van der Waals surface area contributed by atoms with Gasteiger partial charge in [-0.15, -0.1) is 0 Å². The molecule has 0 spiro atoms. The molecule has 0 aliphatic carbocycles. The molecule has 0 saturated carbocycles. The zero-order valence-corrected chi connectivity index (χ0v) is 16.5. The van der Waals surface area contributed by atoms with E-state index in [0.717, 1.165) is 32.3 Å². The summed E-state index contributed by atoms with van der Waals surface area (Å²) < 4.78 is 32.9. The first-order valence-corrected chi connectivity index (χ1v) is 10.9. The maximum Gasteiger partial charge on any atom is 0.251 e. The van der Waals surface area contributed by atoms with Gasteiger partial charge in [0.15, 0.2) is 0 Å². The zero-order valence-electron chi connectivity index (χ0n) is 14.9. The van der Waals surface area contributed by atoms with Crippen LogP contribution in [0.4, 0.5) is 0 Å². The Bertz CT molecular complexity index is 762. The third kappa shape index (κ3) is 4.39. The van der Waals surface area contributed by atoms with Gasteiger partial charge in [0.25, 0.3) is 5.91 Å². The standard InChI is InChI=1S/C18H25ClN2O4S/c1-13-4-2-8-21(12-13)26(23,24)17-10-14(6-7-16(17)19)18(22)20-11-15-5-3-9-25-15/h6-7,10,13,15H,2-5,8-9,11-12H2,1H3,(H,20,22)/t13-,15-/m1/s1. The molecule has 26 heavy (non-hydrogen) atoms. The van der Waals surface area contributed by atoms with Crippen molar-refractivity contribution in [2.75, 3.05) is 26.2 Å². The van der Waals surface area contributed by atoms with Crippen molar-refractivity contribution in [1.29, 1.82) is 0 Å².